The molecule has 0 amide bonds. The third kappa shape index (κ3) is 3.19. The van der Waals surface area contributed by atoms with E-state index in [1.807, 2.05) is 0 Å². The number of benzene rings is 1. The SMILES string of the molecule is CCC(C)(N)Cc1cccc(C)c1. The molecular formula is C12H19N. The second-order valence-corrected chi connectivity index (χ2v) is 4.17. The van der Waals surface area contributed by atoms with Crippen LogP contribution >= 0.6 is 0 Å². The van der Waals surface area contributed by atoms with Gasteiger partial charge in [0.15, 0.2) is 0 Å². The van der Waals surface area contributed by atoms with Crippen molar-refractivity contribution < 1.29 is 0 Å². The Balaban J connectivity index is 2.74. The number of aryl methyl sites for hydroxylation is 1. The van der Waals surface area contributed by atoms with Gasteiger partial charge in [0.1, 0.15) is 0 Å². The summed E-state index contributed by atoms with van der Waals surface area (Å²) in [5.74, 6) is 0. The molecule has 1 heteroatoms. The number of hydrogen-bond acceptors (Lipinski definition) is 1. The first-order chi connectivity index (χ1) is 6.03. The molecule has 0 aliphatic rings. The van der Waals surface area contributed by atoms with Crippen LogP contribution in [0.25, 0.3) is 0 Å². The molecule has 1 aromatic carbocycles. The lowest BCUT2D eigenvalue weighted by Crippen LogP contribution is -2.37. The highest BCUT2D eigenvalue weighted by Crippen LogP contribution is 2.14. The standard InChI is InChI=1S/C12H19N/c1-4-12(3,13)9-11-7-5-6-10(2)8-11/h5-8H,4,9,13H2,1-3H3. The average molecular weight is 177 g/mol. The molecule has 72 valence electrons. The highest BCUT2D eigenvalue weighted by molar-refractivity contribution is 5.23. The minimum absolute atomic E-state index is 0.0617. The first-order valence-corrected chi connectivity index (χ1v) is 4.88. The van der Waals surface area contributed by atoms with Gasteiger partial charge in [0, 0.05) is 5.54 Å². The molecule has 0 saturated carbocycles. The van der Waals surface area contributed by atoms with Crippen LogP contribution in [0.3, 0.4) is 0 Å². The summed E-state index contributed by atoms with van der Waals surface area (Å²) >= 11 is 0. The second-order valence-electron chi connectivity index (χ2n) is 4.17. The van der Waals surface area contributed by atoms with Crippen molar-refractivity contribution >= 4 is 0 Å². The molecule has 1 unspecified atom stereocenters. The third-order valence-corrected chi connectivity index (χ3v) is 2.50. The van der Waals surface area contributed by atoms with Crippen LogP contribution in [0.2, 0.25) is 0 Å². The molecule has 0 spiro atoms. The summed E-state index contributed by atoms with van der Waals surface area (Å²) < 4.78 is 0. The van der Waals surface area contributed by atoms with Gasteiger partial charge in [-0.15, -0.1) is 0 Å². The van der Waals surface area contributed by atoms with E-state index in [9.17, 15) is 0 Å². The molecule has 0 aliphatic heterocycles. The van der Waals surface area contributed by atoms with E-state index >= 15 is 0 Å². The Morgan fingerprint density at radius 3 is 2.62 bits per heavy atom. The van der Waals surface area contributed by atoms with Crippen molar-refractivity contribution in [3.8, 4) is 0 Å². The van der Waals surface area contributed by atoms with Gasteiger partial charge in [-0.05, 0) is 32.3 Å². The van der Waals surface area contributed by atoms with E-state index in [1.54, 1.807) is 0 Å². The zero-order valence-electron chi connectivity index (χ0n) is 8.80. The molecular weight excluding hydrogens is 158 g/mol. The summed E-state index contributed by atoms with van der Waals surface area (Å²) in [6.07, 6.45) is 1.98. The highest BCUT2D eigenvalue weighted by Gasteiger charge is 2.15. The van der Waals surface area contributed by atoms with E-state index in [4.69, 9.17) is 5.73 Å². The fourth-order valence-corrected chi connectivity index (χ4v) is 1.41. The minimum atomic E-state index is -0.0617. The Hall–Kier alpha value is -0.820. The van der Waals surface area contributed by atoms with Crippen LogP contribution in [0.5, 0.6) is 0 Å². The quantitative estimate of drug-likeness (QED) is 0.754. The van der Waals surface area contributed by atoms with E-state index in [0.717, 1.165) is 12.8 Å². The highest BCUT2D eigenvalue weighted by atomic mass is 14.7. The molecule has 2 N–H and O–H groups in total. The zero-order valence-corrected chi connectivity index (χ0v) is 8.80. The molecule has 0 bridgehead atoms. The maximum absolute atomic E-state index is 6.10. The summed E-state index contributed by atoms with van der Waals surface area (Å²) in [5.41, 5.74) is 8.69. The van der Waals surface area contributed by atoms with Gasteiger partial charge in [-0.25, -0.2) is 0 Å². The fourth-order valence-electron chi connectivity index (χ4n) is 1.41. The molecule has 0 fully saturated rings. The Kier molecular flexibility index (Phi) is 3.10. The van der Waals surface area contributed by atoms with Gasteiger partial charge >= 0.3 is 0 Å². The van der Waals surface area contributed by atoms with Crippen LogP contribution in [0.4, 0.5) is 0 Å². The van der Waals surface area contributed by atoms with Gasteiger partial charge in [-0.1, -0.05) is 36.8 Å². The lowest BCUT2D eigenvalue weighted by atomic mass is 9.91. The smallest absolute Gasteiger partial charge is 0.0163 e. The van der Waals surface area contributed by atoms with Crippen LogP contribution in [-0.4, -0.2) is 5.54 Å². The monoisotopic (exact) mass is 177 g/mol. The van der Waals surface area contributed by atoms with Crippen molar-refractivity contribution in [3.63, 3.8) is 0 Å². The van der Waals surface area contributed by atoms with E-state index in [0.29, 0.717) is 0 Å². The summed E-state index contributed by atoms with van der Waals surface area (Å²) in [4.78, 5) is 0. The molecule has 0 aromatic heterocycles. The lowest BCUT2D eigenvalue weighted by Gasteiger charge is -2.22. The van der Waals surface area contributed by atoms with Crippen LogP contribution in [0.1, 0.15) is 31.4 Å². The molecule has 0 radical (unpaired) electrons. The molecule has 1 rings (SSSR count). The van der Waals surface area contributed by atoms with Gasteiger partial charge in [0.05, 0.1) is 0 Å². The maximum atomic E-state index is 6.10. The summed E-state index contributed by atoms with van der Waals surface area (Å²) in [6, 6.07) is 8.56. The van der Waals surface area contributed by atoms with E-state index in [1.165, 1.54) is 11.1 Å². The Labute approximate surface area is 81.0 Å². The predicted molar refractivity (Wildman–Crippen MR) is 57.8 cm³/mol. The lowest BCUT2D eigenvalue weighted by molar-refractivity contribution is 0.450. The van der Waals surface area contributed by atoms with Crippen LogP contribution in [0, 0.1) is 6.92 Å². The summed E-state index contributed by atoms with van der Waals surface area (Å²) in [6.45, 7) is 6.36. The Morgan fingerprint density at radius 1 is 1.38 bits per heavy atom. The number of nitrogens with two attached hydrogens (primary N) is 1. The molecule has 13 heavy (non-hydrogen) atoms. The first-order valence-electron chi connectivity index (χ1n) is 4.88. The topological polar surface area (TPSA) is 26.0 Å². The maximum Gasteiger partial charge on any atom is 0.0163 e. The average Bonchev–Trinajstić information content (AvgIpc) is 2.03. The van der Waals surface area contributed by atoms with Gasteiger partial charge in [-0.2, -0.15) is 0 Å². The van der Waals surface area contributed by atoms with E-state index < -0.39 is 0 Å². The zero-order chi connectivity index (χ0) is 9.90. The van der Waals surface area contributed by atoms with Gasteiger partial charge in [0.25, 0.3) is 0 Å². The molecule has 1 atom stereocenters. The van der Waals surface area contributed by atoms with Gasteiger partial charge < -0.3 is 5.73 Å². The van der Waals surface area contributed by atoms with E-state index in [-0.39, 0.29) is 5.54 Å². The summed E-state index contributed by atoms with van der Waals surface area (Å²) in [5, 5.41) is 0. The molecule has 0 aliphatic carbocycles. The second kappa shape index (κ2) is 3.93. The minimum Gasteiger partial charge on any atom is -0.325 e. The van der Waals surface area contributed by atoms with Crippen molar-refractivity contribution in [2.45, 2.75) is 39.2 Å². The van der Waals surface area contributed by atoms with Crippen LogP contribution in [0.15, 0.2) is 24.3 Å². The number of hydrogen-bond donors (Lipinski definition) is 1. The Bertz CT molecular complexity index is 276. The van der Waals surface area contributed by atoms with Gasteiger partial charge in [-0.3, -0.25) is 0 Å². The molecule has 1 aromatic rings. The normalized spacial score (nSPS) is 15.4. The molecule has 0 heterocycles. The van der Waals surface area contributed by atoms with Crippen molar-refractivity contribution in [2.75, 3.05) is 0 Å². The molecule has 0 saturated heterocycles. The van der Waals surface area contributed by atoms with Gasteiger partial charge in [0.2, 0.25) is 0 Å². The number of rotatable bonds is 3. The van der Waals surface area contributed by atoms with Crippen LogP contribution < -0.4 is 5.73 Å². The van der Waals surface area contributed by atoms with E-state index in [2.05, 4.69) is 45.0 Å². The van der Waals surface area contributed by atoms with Crippen molar-refractivity contribution in [1.82, 2.24) is 0 Å². The first kappa shape index (κ1) is 10.3. The van der Waals surface area contributed by atoms with Crippen molar-refractivity contribution in [1.29, 1.82) is 0 Å². The predicted octanol–water partition coefficient (Wildman–Crippen LogP) is 2.66. The summed E-state index contributed by atoms with van der Waals surface area (Å²) in [7, 11) is 0. The van der Waals surface area contributed by atoms with Crippen molar-refractivity contribution in [2.24, 2.45) is 5.73 Å². The molecule has 1 nitrogen and oxygen atoms in total. The van der Waals surface area contributed by atoms with Crippen LogP contribution in [-0.2, 0) is 6.42 Å². The van der Waals surface area contributed by atoms with Crippen molar-refractivity contribution in [3.05, 3.63) is 35.4 Å². The fraction of sp³-hybridized carbons (Fsp3) is 0.500. The Morgan fingerprint density at radius 2 is 2.08 bits per heavy atom. The third-order valence-electron chi connectivity index (χ3n) is 2.50. The largest absolute Gasteiger partial charge is 0.325 e.